The van der Waals surface area contributed by atoms with E-state index in [2.05, 4.69) is 10.6 Å². The van der Waals surface area contributed by atoms with E-state index >= 15 is 0 Å². The third-order valence-corrected chi connectivity index (χ3v) is 9.47. The van der Waals surface area contributed by atoms with Crippen molar-refractivity contribution in [3.05, 3.63) is 68.6 Å². The normalized spacial score (nSPS) is 21.0. The first-order valence-corrected chi connectivity index (χ1v) is 13.7. The fourth-order valence-corrected chi connectivity index (χ4v) is 7.58. The van der Waals surface area contributed by atoms with Crippen LogP contribution in [0.3, 0.4) is 0 Å². The average molecular weight is 547 g/mol. The van der Waals surface area contributed by atoms with Crippen LogP contribution >= 0.6 is 23.1 Å². The Morgan fingerprint density at radius 3 is 2.44 bits per heavy atom. The lowest BCUT2D eigenvalue weighted by Crippen LogP contribution is -2.32. The topological polar surface area (TPSA) is 178 Å². The molecule has 1 aromatic heterocycles. The number of para-hydroxylation sites is 1. The zero-order chi connectivity index (χ0) is 25.8. The highest BCUT2D eigenvalue weighted by molar-refractivity contribution is 8.00. The molecule has 36 heavy (non-hydrogen) atoms. The lowest BCUT2D eigenvalue weighted by Gasteiger charge is -2.31. The van der Waals surface area contributed by atoms with Crippen LogP contribution in [0.25, 0.3) is 0 Å². The van der Waals surface area contributed by atoms with Gasteiger partial charge in [-0.05, 0) is 30.3 Å². The third-order valence-electron chi connectivity index (χ3n) is 5.93. The van der Waals surface area contributed by atoms with Crippen molar-refractivity contribution < 1.29 is 27.9 Å². The molecule has 5 N–H and O–H groups in total. The highest BCUT2D eigenvalue weighted by Gasteiger charge is 2.53. The standard InChI is InChI=1S/C22H18N4O7S3/c23-36(32,33)11-7-5-10(6-8-11)24-14(28)9-26-21-18(35-22(26)31)15(12-3-1-2-4-13(12)27)16-17(34-21)20(30)25-19(16)29/h1-8,15-17,27H,9H2,(H,24,28)(H2,23,32,33)(H,25,29,30)/t15-,16+,17-/m0/s1. The smallest absolute Gasteiger partial charge is 0.308 e. The summed E-state index contributed by atoms with van der Waals surface area (Å²) in [5.41, 5.74) is 0.705. The van der Waals surface area contributed by atoms with Gasteiger partial charge in [-0.1, -0.05) is 41.3 Å². The number of benzene rings is 2. The number of hydrogen-bond donors (Lipinski definition) is 4. The predicted octanol–water partition coefficient (Wildman–Crippen LogP) is 0.780. The van der Waals surface area contributed by atoms with Crippen LogP contribution in [0.4, 0.5) is 5.69 Å². The Kier molecular flexibility index (Phi) is 5.98. The lowest BCUT2D eigenvalue weighted by molar-refractivity contribution is -0.126. The number of sulfonamides is 1. The van der Waals surface area contributed by atoms with Crippen LogP contribution in [0.5, 0.6) is 5.75 Å². The molecule has 0 radical (unpaired) electrons. The number of carbonyl (C=O) groups is 3. The van der Waals surface area contributed by atoms with E-state index in [0.717, 1.165) is 23.1 Å². The second kappa shape index (κ2) is 8.89. The van der Waals surface area contributed by atoms with Gasteiger partial charge in [0.1, 0.15) is 17.5 Å². The summed E-state index contributed by atoms with van der Waals surface area (Å²) in [6.07, 6.45) is 0. The van der Waals surface area contributed by atoms with Crippen molar-refractivity contribution in [3.63, 3.8) is 0 Å². The quantitative estimate of drug-likeness (QED) is 0.339. The summed E-state index contributed by atoms with van der Waals surface area (Å²) in [7, 11) is -3.89. The molecule has 0 aliphatic carbocycles. The number of carbonyl (C=O) groups excluding carboxylic acids is 3. The van der Waals surface area contributed by atoms with Crippen molar-refractivity contribution in [2.24, 2.45) is 11.1 Å². The van der Waals surface area contributed by atoms with Gasteiger partial charge in [-0.2, -0.15) is 0 Å². The number of thioether (sulfide) groups is 1. The van der Waals surface area contributed by atoms with Crippen molar-refractivity contribution in [3.8, 4) is 5.75 Å². The molecule has 0 unspecified atom stereocenters. The van der Waals surface area contributed by atoms with E-state index in [9.17, 15) is 32.7 Å². The molecule has 0 saturated carbocycles. The maximum atomic E-state index is 13.0. The number of nitrogens with two attached hydrogens (primary N) is 1. The Morgan fingerprint density at radius 1 is 1.08 bits per heavy atom. The summed E-state index contributed by atoms with van der Waals surface area (Å²) >= 11 is 1.90. The number of aromatic hydroxyl groups is 1. The first kappa shape index (κ1) is 24.2. The second-order valence-corrected chi connectivity index (χ2v) is 11.9. The van der Waals surface area contributed by atoms with Gasteiger partial charge in [0, 0.05) is 22.0 Å². The van der Waals surface area contributed by atoms with Crippen molar-refractivity contribution in [2.75, 3.05) is 5.32 Å². The van der Waals surface area contributed by atoms with Gasteiger partial charge in [0.25, 0.3) is 0 Å². The van der Waals surface area contributed by atoms with E-state index in [1.165, 1.54) is 34.9 Å². The van der Waals surface area contributed by atoms with Gasteiger partial charge in [-0.25, -0.2) is 13.6 Å². The largest absolute Gasteiger partial charge is 0.508 e. The molecule has 0 spiro atoms. The van der Waals surface area contributed by atoms with E-state index in [0.29, 0.717) is 21.2 Å². The zero-order valence-corrected chi connectivity index (χ0v) is 20.7. The van der Waals surface area contributed by atoms with Gasteiger partial charge in [-0.3, -0.25) is 29.1 Å². The molecule has 186 valence electrons. The summed E-state index contributed by atoms with van der Waals surface area (Å²) < 4.78 is 24.1. The van der Waals surface area contributed by atoms with Crippen LogP contribution in [0.2, 0.25) is 0 Å². The first-order valence-electron chi connectivity index (χ1n) is 10.5. The number of phenolic OH excluding ortho intramolecular Hbond substituents is 1. The Morgan fingerprint density at radius 2 is 1.78 bits per heavy atom. The van der Waals surface area contributed by atoms with Gasteiger partial charge >= 0.3 is 4.87 Å². The van der Waals surface area contributed by atoms with Crippen molar-refractivity contribution in [2.45, 2.75) is 27.6 Å². The number of hydrogen-bond acceptors (Lipinski definition) is 9. The Bertz CT molecular complexity index is 1580. The number of nitrogens with zero attached hydrogens (tertiary/aromatic N) is 1. The molecule has 11 nitrogen and oxygen atoms in total. The van der Waals surface area contributed by atoms with Crippen LogP contribution in [0, 0.1) is 5.92 Å². The fourth-order valence-electron chi connectivity index (χ4n) is 4.33. The van der Waals surface area contributed by atoms with Gasteiger partial charge in [0.15, 0.2) is 0 Å². The molecule has 2 aromatic carbocycles. The molecule has 14 heteroatoms. The van der Waals surface area contributed by atoms with Crippen molar-refractivity contribution >= 4 is 56.5 Å². The number of nitrogens with one attached hydrogen (secondary N) is 2. The third kappa shape index (κ3) is 4.21. The maximum absolute atomic E-state index is 13.0. The molecule has 2 aliphatic rings. The highest BCUT2D eigenvalue weighted by atomic mass is 32.2. The molecule has 2 aliphatic heterocycles. The number of rotatable bonds is 5. The molecule has 3 atom stereocenters. The number of thiazole rings is 1. The molecular weight excluding hydrogens is 528 g/mol. The van der Waals surface area contributed by atoms with Crippen molar-refractivity contribution in [1.82, 2.24) is 9.88 Å². The van der Waals surface area contributed by atoms with Crippen molar-refractivity contribution in [1.29, 1.82) is 0 Å². The number of amides is 3. The first-order chi connectivity index (χ1) is 17.0. The van der Waals surface area contributed by atoms with Crippen LogP contribution in [0.15, 0.2) is 63.2 Å². The average Bonchev–Trinajstić information content (AvgIpc) is 3.27. The number of phenols is 1. The van der Waals surface area contributed by atoms with E-state index in [-0.39, 0.29) is 17.2 Å². The number of primary sulfonamides is 1. The van der Waals surface area contributed by atoms with Gasteiger partial charge in [0.2, 0.25) is 27.7 Å². The monoisotopic (exact) mass is 546 g/mol. The van der Waals surface area contributed by atoms with E-state index in [1.54, 1.807) is 18.2 Å². The molecule has 3 aromatic rings. The number of aromatic nitrogens is 1. The zero-order valence-electron chi connectivity index (χ0n) is 18.2. The van der Waals surface area contributed by atoms with E-state index in [4.69, 9.17) is 5.14 Å². The Labute approximate surface area is 212 Å². The minimum absolute atomic E-state index is 0.0701. The molecule has 1 saturated heterocycles. The second-order valence-electron chi connectivity index (χ2n) is 8.20. The van der Waals surface area contributed by atoms with Crippen LogP contribution in [-0.4, -0.2) is 41.1 Å². The van der Waals surface area contributed by atoms with Crippen LogP contribution < -0.4 is 20.6 Å². The number of fused-ring (bicyclic) bond motifs is 2. The van der Waals surface area contributed by atoms with E-state index < -0.39 is 49.7 Å². The van der Waals surface area contributed by atoms with Crippen LogP contribution in [-0.2, 0) is 31.0 Å². The summed E-state index contributed by atoms with van der Waals surface area (Å²) in [4.78, 5) is 50.8. The fraction of sp³-hybridized carbons (Fsp3) is 0.182. The molecule has 0 bridgehead atoms. The molecule has 1 fully saturated rings. The van der Waals surface area contributed by atoms with Gasteiger partial charge < -0.3 is 10.4 Å². The summed E-state index contributed by atoms with van der Waals surface area (Å²) in [5, 5.41) is 20.1. The van der Waals surface area contributed by atoms with Gasteiger partial charge in [0.05, 0.1) is 15.8 Å². The molecule has 3 heterocycles. The SMILES string of the molecule is NS(=O)(=O)c1ccc(NC(=O)Cn2c3c(sc2=O)[C@@H](c2ccccc2O)[C@H]2C(=O)NC(=O)[C@H]2S3)cc1. The van der Waals surface area contributed by atoms with Crippen LogP contribution in [0.1, 0.15) is 16.4 Å². The maximum Gasteiger partial charge on any atom is 0.308 e. The number of anilines is 1. The Hall–Kier alpha value is -3.46. The summed E-state index contributed by atoms with van der Waals surface area (Å²) in [5.74, 6) is -3.17. The number of imide groups is 1. The lowest BCUT2D eigenvalue weighted by atomic mass is 9.82. The molecule has 5 rings (SSSR count). The summed E-state index contributed by atoms with van der Waals surface area (Å²) in [6, 6.07) is 11.6. The van der Waals surface area contributed by atoms with Gasteiger partial charge in [-0.15, -0.1) is 0 Å². The molecular formula is C22H18N4O7S3. The summed E-state index contributed by atoms with van der Waals surface area (Å²) in [6.45, 7) is -0.380. The van der Waals surface area contributed by atoms with E-state index in [1.807, 2.05) is 0 Å². The minimum atomic E-state index is -3.89. The minimum Gasteiger partial charge on any atom is -0.508 e. The predicted molar refractivity (Wildman–Crippen MR) is 131 cm³/mol. The highest BCUT2D eigenvalue weighted by Crippen LogP contribution is 2.52. The molecule has 3 amide bonds. The Balaban J connectivity index is 1.49.